The minimum Gasteiger partial charge on any atom is -0.467 e. The zero-order valence-corrected chi connectivity index (χ0v) is 17.3. The normalized spacial score (nSPS) is 12.7. The Labute approximate surface area is 168 Å². The van der Waals surface area contributed by atoms with Gasteiger partial charge in [0.15, 0.2) is 0 Å². The molecule has 1 rings (SSSR count). The first-order valence-electron chi connectivity index (χ1n) is 10.2. The molecule has 6 nitrogen and oxygen atoms in total. The molecule has 2 N–H and O–H groups in total. The van der Waals surface area contributed by atoms with Crippen molar-refractivity contribution in [2.24, 2.45) is 0 Å². The highest BCUT2D eigenvalue weighted by Crippen LogP contribution is 2.10. The van der Waals surface area contributed by atoms with E-state index in [4.69, 9.17) is 4.74 Å². The van der Waals surface area contributed by atoms with Gasteiger partial charge in [0.1, 0.15) is 12.1 Å². The van der Waals surface area contributed by atoms with E-state index in [1.165, 1.54) is 33.3 Å². The Morgan fingerprint density at radius 3 is 2.18 bits per heavy atom. The Hall–Kier alpha value is -2.37. The number of carbonyl (C=O) groups is 3. The van der Waals surface area contributed by atoms with E-state index < -0.39 is 18.1 Å². The summed E-state index contributed by atoms with van der Waals surface area (Å²) in [6, 6.07) is 8.02. The van der Waals surface area contributed by atoms with Gasteiger partial charge in [-0.3, -0.25) is 9.59 Å². The standard InChI is InChI=1S/C22H34N2O4/c1-4-5-6-7-8-12-15-19(22(27)28-3)24-21(26)20(23-17(2)25)16-18-13-10-9-11-14-18/h9-11,13-14,19-20H,4-8,12,15-16H2,1-3H3,(H,23,25)(H,24,26)/t19-,20+/m1/s1. The van der Waals surface area contributed by atoms with Crippen molar-refractivity contribution in [1.82, 2.24) is 10.6 Å². The predicted molar refractivity (Wildman–Crippen MR) is 110 cm³/mol. The van der Waals surface area contributed by atoms with Crippen LogP contribution in [0.4, 0.5) is 0 Å². The topological polar surface area (TPSA) is 84.5 Å². The molecular formula is C22H34N2O4. The second kappa shape index (κ2) is 13.7. The fraction of sp³-hybridized carbons (Fsp3) is 0.591. The van der Waals surface area contributed by atoms with E-state index in [-0.39, 0.29) is 11.8 Å². The molecular weight excluding hydrogens is 356 g/mol. The van der Waals surface area contributed by atoms with Gasteiger partial charge in [-0.2, -0.15) is 0 Å². The van der Waals surface area contributed by atoms with Crippen molar-refractivity contribution >= 4 is 17.8 Å². The molecule has 0 radical (unpaired) electrons. The largest absolute Gasteiger partial charge is 0.467 e. The molecule has 0 bridgehead atoms. The van der Waals surface area contributed by atoms with Gasteiger partial charge in [0, 0.05) is 13.3 Å². The van der Waals surface area contributed by atoms with Gasteiger partial charge >= 0.3 is 5.97 Å². The summed E-state index contributed by atoms with van der Waals surface area (Å²) in [4.78, 5) is 36.4. The van der Waals surface area contributed by atoms with Gasteiger partial charge in [0.05, 0.1) is 7.11 Å². The monoisotopic (exact) mass is 390 g/mol. The Balaban J connectivity index is 2.67. The lowest BCUT2D eigenvalue weighted by Gasteiger charge is -2.22. The molecule has 6 heteroatoms. The van der Waals surface area contributed by atoms with Gasteiger partial charge in [-0.05, 0) is 12.0 Å². The van der Waals surface area contributed by atoms with Crippen LogP contribution in [0.15, 0.2) is 30.3 Å². The van der Waals surface area contributed by atoms with Crippen LogP contribution in [0.2, 0.25) is 0 Å². The van der Waals surface area contributed by atoms with Gasteiger partial charge in [-0.25, -0.2) is 4.79 Å². The maximum Gasteiger partial charge on any atom is 0.328 e. The third kappa shape index (κ3) is 9.53. The second-order valence-corrected chi connectivity index (χ2v) is 7.08. The van der Waals surface area contributed by atoms with Crippen LogP contribution in [0.25, 0.3) is 0 Å². The molecule has 0 fully saturated rings. The Bertz CT molecular complexity index is 604. The van der Waals surface area contributed by atoms with E-state index in [1.54, 1.807) is 0 Å². The average Bonchev–Trinajstić information content (AvgIpc) is 2.68. The first kappa shape index (κ1) is 23.7. The van der Waals surface area contributed by atoms with Crippen LogP contribution in [0, 0.1) is 0 Å². The molecule has 2 amide bonds. The molecule has 156 valence electrons. The number of esters is 1. The predicted octanol–water partition coefficient (Wildman–Crippen LogP) is 3.14. The van der Waals surface area contributed by atoms with Crippen LogP contribution in [0.5, 0.6) is 0 Å². The van der Waals surface area contributed by atoms with Crippen molar-refractivity contribution in [3.63, 3.8) is 0 Å². The number of amides is 2. The molecule has 0 unspecified atom stereocenters. The van der Waals surface area contributed by atoms with Crippen LogP contribution in [0.3, 0.4) is 0 Å². The highest BCUT2D eigenvalue weighted by atomic mass is 16.5. The number of nitrogens with one attached hydrogen (secondary N) is 2. The minimum absolute atomic E-state index is 0.290. The molecule has 0 aliphatic carbocycles. The smallest absolute Gasteiger partial charge is 0.328 e. The molecule has 2 atom stereocenters. The Kier molecular flexibility index (Phi) is 11.6. The zero-order chi connectivity index (χ0) is 20.8. The molecule has 28 heavy (non-hydrogen) atoms. The Morgan fingerprint density at radius 2 is 1.57 bits per heavy atom. The number of hydrogen-bond donors (Lipinski definition) is 2. The fourth-order valence-corrected chi connectivity index (χ4v) is 3.10. The van der Waals surface area contributed by atoms with Gasteiger partial charge in [0.25, 0.3) is 0 Å². The highest BCUT2D eigenvalue weighted by molar-refractivity contribution is 5.90. The van der Waals surface area contributed by atoms with Gasteiger partial charge in [-0.1, -0.05) is 75.8 Å². The van der Waals surface area contributed by atoms with Gasteiger partial charge in [-0.15, -0.1) is 0 Å². The third-order valence-corrected chi connectivity index (χ3v) is 4.63. The minimum atomic E-state index is -0.739. The summed E-state index contributed by atoms with van der Waals surface area (Å²) in [5.74, 6) is -1.12. The third-order valence-electron chi connectivity index (χ3n) is 4.63. The first-order chi connectivity index (χ1) is 13.5. The summed E-state index contributed by atoms with van der Waals surface area (Å²) in [6.45, 7) is 3.54. The first-order valence-corrected chi connectivity index (χ1v) is 10.2. The number of rotatable bonds is 13. The zero-order valence-electron chi connectivity index (χ0n) is 17.3. The summed E-state index contributed by atoms with van der Waals surface area (Å²) >= 11 is 0. The lowest BCUT2D eigenvalue weighted by atomic mass is 10.0. The summed E-state index contributed by atoms with van der Waals surface area (Å²) in [6.07, 6.45) is 7.46. The van der Waals surface area contributed by atoms with E-state index in [0.717, 1.165) is 24.8 Å². The average molecular weight is 391 g/mol. The number of ether oxygens (including phenoxy) is 1. The highest BCUT2D eigenvalue weighted by Gasteiger charge is 2.26. The number of carbonyl (C=O) groups excluding carboxylic acids is 3. The van der Waals surface area contributed by atoms with Crippen molar-refractivity contribution in [2.45, 2.75) is 77.3 Å². The maximum atomic E-state index is 12.8. The lowest BCUT2D eigenvalue weighted by molar-refractivity contribution is -0.145. The van der Waals surface area contributed by atoms with E-state index in [2.05, 4.69) is 17.6 Å². The van der Waals surface area contributed by atoms with Gasteiger partial charge in [0.2, 0.25) is 11.8 Å². The molecule has 0 aromatic heterocycles. The molecule has 0 aliphatic rings. The summed E-state index contributed by atoms with van der Waals surface area (Å²) in [7, 11) is 1.32. The summed E-state index contributed by atoms with van der Waals surface area (Å²) in [5.41, 5.74) is 0.932. The SMILES string of the molecule is CCCCCCCC[C@@H](NC(=O)[C@H](Cc1ccccc1)NC(C)=O)C(=O)OC. The van der Waals surface area contributed by atoms with Crippen LogP contribution in [-0.4, -0.2) is 37.0 Å². The van der Waals surface area contributed by atoms with Crippen LogP contribution in [-0.2, 0) is 25.5 Å². The molecule has 0 saturated carbocycles. The number of benzene rings is 1. The van der Waals surface area contributed by atoms with Crippen molar-refractivity contribution in [3.8, 4) is 0 Å². The van der Waals surface area contributed by atoms with Crippen molar-refractivity contribution in [3.05, 3.63) is 35.9 Å². The van der Waals surface area contributed by atoms with Gasteiger partial charge < -0.3 is 15.4 Å². The quantitative estimate of drug-likeness (QED) is 0.400. The lowest BCUT2D eigenvalue weighted by Crippen LogP contribution is -2.52. The molecule has 0 spiro atoms. The van der Waals surface area contributed by atoms with Crippen molar-refractivity contribution < 1.29 is 19.1 Å². The molecule has 0 aliphatic heterocycles. The number of unbranched alkanes of at least 4 members (excludes halogenated alkanes) is 5. The van der Waals surface area contributed by atoms with E-state index in [9.17, 15) is 14.4 Å². The van der Waals surface area contributed by atoms with Crippen molar-refractivity contribution in [1.29, 1.82) is 0 Å². The molecule has 0 heterocycles. The van der Waals surface area contributed by atoms with E-state index in [0.29, 0.717) is 12.8 Å². The van der Waals surface area contributed by atoms with Crippen LogP contribution < -0.4 is 10.6 Å². The second-order valence-electron chi connectivity index (χ2n) is 7.08. The molecule has 1 aromatic carbocycles. The van der Waals surface area contributed by atoms with E-state index >= 15 is 0 Å². The van der Waals surface area contributed by atoms with Crippen molar-refractivity contribution in [2.75, 3.05) is 7.11 Å². The molecule has 1 aromatic rings. The van der Waals surface area contributed by atoms with Crippen LogP contribution in [0.1, 0.15) is 64.4 Å². The fourth-order valence-electron chi connectivity index (χ4n) is 3.10. The number of hydrogen-bond acceptors (Lipinski definition) is 4. The van der Waals surface area contributed by atoms with Crippen LogP contribution >= 0.6 is 0 Å². The Morgan fingerprint density at radius 1 is 0.929 bits per heavy atom. The molecule has 0 saturated heterocycles. The summed E-state index contributed by atoms with van der Waals surface area (Å²) < 4.78 is 4.85. The number of methoxy groups -OCH3 is 1. The summed E-state index contributed by atoms with van der Waals surface area (Å²) in [5, 5.41) is 5.45. The van der Waals surface area contributed by atoms with E-state index in [1.807, 2.05) is 30.3 Å². The maximum absolute atomic E-state index is 12.8.